The Morgan fingerprint density at radius 2 is 1.61 bits per heavy atom. The summed E-state index contributed by atoms with van der Waals surface area (Å²) in [6, 6.07) is 11.2. The summed E-state index contributed by atoms with van der Waals surface area (Å²) in [7, 11) is 0. The van der Waals surface area contributed by atoms with Crippen molar-refractivity contribution < 1.29 is 14.4 Å². The second kappa shape index (κ2) is 8.81. The number of carbonyl (C=O) groups is 3. The fraction of sp³-hybridized carbons (Fsp3) is 0.348. The third-order valence-corrected chi connectivity index (χ3v) is 6.91. The van der Waals surface area contributed by atoms with Gasteiger partial charge in [0, 0.05) is 20.6 Å². The van der Waals surface area contributed by atoms with Crippen molar-refractivity contribution >= 4 is 52.5 Å². The predicted octanol–water partition coefficient (Wildman–Crippen LogP) is 5.63. The van der Waals surface area contributed by atoms with Crippen LogP contribution in [0.15, 0.2) is 42.5 Å². The van der Waals surface area contributed by atoms with Crippen molar-refractivity contribution in [2.75, 3.05) is 0 Å². The number of imide groups is 1. The second-order valence-corrected chi connectivity index (χ2v) is 9.50. The van der Waals surface area contributed by atoms with E-state index in [1.807, 2.05) is 0 Å². The van der Waals surface area contributed by atoms with Crippen LogP contribution in [0.5, 0.6) is 0 Å². The smallest absolute Gasteiger partial charge is 0.272 e. The molecule has 162 valence electrons. The zero-order valence-electron chi connectivity index (χ0n) is 16.9. The van der Waals surface area contributed by atoms with Crippen molar-refractivity contribution in [3.63, 3.8) is 0 Å². The molecule has 31 heavy (non-hydrogen) atoms. The van der Waals surface area contributed by atoms with Gasteiger partial charge in [-0.2, -0.15) is 5.01 Å². The molecule has 0 unspecified atom stereocenters. The fourth-order valence-electron chi connectivity index (χ4n) is 4.40. The molecule has 8 heteroatoms. The molecule has 1 saturated carbocycles. The maximum Gasteiger partial charge on any atom is 0.273 e. The molecule has 0 spiro atoms. The predicted molar refractivity (Wildman–Crippen MR) is 120 cm³/mol. The van der Waals surface area contributed by atoms with Gasteiger partial charge < -0.3 is 0 Å². The summed E-state index contributed by atoms with van der Waals surface area (Å²) in [6.07, 6.45) is 2.19. The highest BCUT2D eigenvalue weighted by molar-refractivity contribution is 6.35. The normalized spacial score (nSPS) is 23.1. The zero-order valence-corrected chi connectivity index (χ0v) is 19.1. The van der Waals surface area contributed by atoms with Crippen molar-refractivity contribution in [2.45, 2.75) is 32.7 Å². The van der Waals surface area contributed by atoms with Crippen molar-refractivity contribution in [2.24, 2.45) is 17.8 Å². The Kier molecular flexibility index (Phi) is 6.29. The Morgan fingerprint density at radius 1 is 0.968 bits per heavy atom. The first-order valence-corrected chi connectivity index (χ1v) is 11.3. The molecule has 2 aromatic carbocycles. The van der Waals surface area contributed by atoms with E-state index in [1.165, 1.54) is 5.01 Å². The van der Waals surface area contributed by atoms with E-state index in [0.717, 1.165) is 11.4 Å². The molecule has 2 aromatic rings. The van der Waals surface area contributed by atoms with Crippen LogP contribution in [0.2, 0.25) is 15.1 Å². The SMILES string of the molecule is C[C@@H]1CC[C@H]2C(=O)N(N(Cc3ccc(Cl)cc3Cl)C(=O)c3ccc(Cl)cc3)C(=O)[C@H]2C1. The Labute approximate surface area is 195 Å². The van der Waals surface area contributed by atoms with Crippen LogP contribution >= 0.6 is 34.8 Å². The third kappa shape index (κ3) is 4.32. The molecule has 0 aromatic heterocycles. The molecule has 0 N–H and O–H groups in total. The summed E-state index contributed by atoms with van der Waals surface area (Å²) in [5.74, 6) is -1.54. The average molecular weight is 480 g/mol. The van der Waals surface area contributed by atoms with Gasteiger partial charge in [-0.05, 0) is 67.1 Å². The summed E-state index contributed by atoms with van der Waals surface area (Å²) in [5, 5.41) is 3.53. The number of hydrogen-bond acceptors (Lipinski definition) is 3. The van der Waals surface area contributed by atoms with E-state index < -0.39 is 11.8 Å². The van der Waals surface area contributed by atoms with Crippen molar-refractivity contribution in [3.8, 4) is 0 Å². The van der Waals surface area contributed by atoms with Gasteiger partial charge in [0.15, 0.2) is 0 Å². The maximum atomic E-state index is 13.5. The first kappa shape index (κ1) is 22.1. The number of carbonyl (C=O) groups excluding carboxylic acids is 3. The first-order chi connectivity index (χ1) is 14.8. The van der Waals surface area contributed by atoms with Gasteiger partial charge >= 0.3 is 0 Å². The average Bonchev–Trinajstić information content (AvgIpc) is 2.97. The first-order valence-electron chi connectivity index (χ1n) is 10.2. The van der Waals surface area contributed by atoms with E-state index in [0.29, 0.717) is 45.0 Å². The van der Waals surface area contributed by atoms with E-state index in [4.69, 9.17) is 34.8 Å². The zero-order chi connectivity index (χ0) is 22.3. The van der Waals surface area contributed by atoms with Gasteiger partial charge in [-0.15, -0.1) is 0 Å². The number of fused-ring (bicyclic) bond motifs is 1. The van der Waals surface area contributed by atoms with Crippen LogP contribution in [0.4, 0.5) is 0 Å². The van der Waals surface area contributed by atoms with Crippen molar-refractivity contribution in [1.82, 2.24) is 10.0 Å². The minimum absolute atomic E-state index is 0.0378. The number of amides is 3. The summed E-state index contributed by atoms with van der Waals surface area (Å²) in [6.45, 7) is 2.05. The van der Waals surface area contributed by atoms with Gasteiger partial charge in [0.1, 0.15) is 0 Å². The van der Waals surface area contributed by atoms with Crippen LogP contribution in [-0.4, -0.2) is 27.7 Å². The molecule has 3 amide bonds. The number of rotatable bonds is 4. The fourth-order valence-corrected chi connectivity index (χ4v) is 4.99. The largest absolute Gasteiger partial charge is 0.273 e. The summed E-state index contributed by atoms with van der Waals surface area (Å²) in [4.78, 5) is 40.0. The van der Waals surface area contributed by atoms with Crippen LogP contribution in [0.25, 0.3) is 0 Å². The molecule has 2 fully saturated rings. The van der Waals surface area contributed by atoms with E-state index in [1.54, 1.807) is 42.5 Å². The minimum atomic E-state index is -0.476. The Bertz CT molecular complexity index is 1040. The molecule has 1 aliphatic heterocycles. The van der Waals surface area contributed by atoms with Crippen LogP contribution < -0.4 is 0 Å². The highest BCUT2D eigenvalue weighted by atomic mass is 35.5. The molecular weight excluding hydrogens is 459 g/mol. The van der Waals surface area contributed by atoms with E-state index in [2.05, 4.69) is 6.92 Å². The minimum Gasteiger partial charge on any atom is -0.272 e. The van der Waals surface area contributed by atoms with Gasteiger partial charge in [0.25, 0.3) is 17.7 Å². The maximum absolute atomic E-state index is 13.5. The molecular formula is C23H21Cl3N2O3. The molecule has 1 saturated heterocycles. The molecule has 3 atom stereocenters. The lowest BCUT2D eigenvalue weighted by Gasteiger charge is -2.31. The molecule has 4 rings (SSSR count). The van der Waals surface area contributed by atoms with Crippen molar-refractivity contribution in [1.29, 1.82) is 0 Å². The van der Waals surface area contributed by atoms with E-state index in [-0.39, 0.29) is 24.3 Å². The highest BCUT2D eigenvalue weighted by Gasteiger charge is 2.52. The van der Waals surface area contributed by atoms with Gasteiger partial charge in [0.05, 0.1) is 18.4 Å². The van der Waals surface area contributed by atoms with Crippen LogP contribution in [0.3, 0.4) is 0 Å². The number of nitrogens with zero attached hydrogens (tertiary/aromatic N) is 2. The lowest BCUT2D eigenvalue weighted by atomic mass is 9.76. The lowest BCUT2D eigenvalue weighted by Crippen LogP contribution is -2.49. The van der Waals surface area contributed by atoms with Crippen molar-refractivity contribution in [3.05, 3.63) is 68.7 Å². The Balaban J connectivity index is 1.72. The molecule has 0 radical (unpaired) electrons. The van der Waals surface area contributed by atoms with Gasteiger partial charge in [0.2, 0.25) is 0 Å². The topological polar surface area (TPSA) is 57.7 Å². The number of hydrogen-bond donors (Lipinski definition) is 0. The molecule has 2 aliphatic rings. The lowest BCUT2D eigenvalue weighted by molar-refractivity contribution is -0.155. The second-order valence-electron chi connectivity index (χ2n) is 8.22. The highest BCUT2D eigenvalue weighted by Crippen LogP contribution is 2.41. The van der Waals surface area contributed by atoms with Gasteiger partial charge in [-0.25, -0.2) is 5.01 Å². The van der Waals surface area contributed by atoms with E-state index in [9.17, 15) is 14.4 Å². The number of benzene rings is 2. The molecule has 5 nitrogen and oxygen atoms in total. The molecule has 0 bridgehead atoms. The van der Waals surface area contributed by atoms with E-state index >= 15 is 0 Å². The van der Waals surface area contributed by atoms with Gasteiger partial charge in [-0.1, -0.05) is 47.8 Å². The summed E-state index contributed by atoms with van der Waals surface area (Å²) >= 11 is 18.3. The third-order valence-electron chi connectivity index (χ3n) is 6.07. The van der Waals surface area contributed by atoms with Crippen LogP contribution in [0.1, 0.15) is 42.1 Å². The van der Waals surface area contributed by atoms with Crippen LogP contribution in [-0.2, 0) is 16.1 Å². The summed E-state index contributed by atoms with van der Waals surface area (Å²) in [5.41, 5.74) is 0.899. The molecule has 1 aliphatic carbocycles. The number of halogens is 3. The number of hydrazine groups is 1. The Morgan fingerprint density at radius 3 is 2.29 bits per heavy atom. The van der Waals surface area contributed by atoms with Gasteiger partial charge in [-0.3, -0.25) is 14.4 Å². The van der Waals surface area contributed by atoms with Crippen LogP contribution in [0, 0.1) is 17.8 Å². The standard InChI is InChI=1S/C23H21Cl3N2O3/c1-13-2-9-18-19(10-13)23(31)28(22(18)30)27(12-15-5-8-17(25)11-20(15)26)21(29)14-3-6-16(24)7-4-14/h3-8,11,13,18-19H,2,9-10,12H2,1H3/t13-,18-,19+/m1/s1. The Hall–Kier alpha value is -2.08. The monoisotopic (exact) mass is 478 g/mol. The molecule has 1 heterocycles. The quantitative estimate of drug-likeness (QED) is 0.534. The summed E-state index contributed by atoms with van der Waals surface area (Å²) < 4.78 is 0.